The van der Waals surface area contributed by atoms with Gasteiger partial charge in [0.25, 0.3) is 15.9 Å². The van der Waals surface area contributed by atoms with E-state index in [1.807, 2.05) is 4.90 Å². The summed E-state index contributed by atoms with van der Waals surface area (Å²) in [6.45, 7) is 2.51. The number of ether oxygens (including phenoxy) is 2. The molecule has 0 unspecified atom stereocenters. The fourth-order valence-electron chi connectivity index (χ4n) is 3.45. The third kappa shape index (κ3) is 5.24. The topological polar surface area (TPSA) is 110 Å². The van der Waals surface area contributed by atoms with Crippen LogP contribution in [0.15, 0.2) is 71.8 Å². The molecule has 1 amide bonds. The van der Waals surface area contributed by atoms with E-state index in [0.717, 1.165) is 0 Å². The maximum absolute atomic E-state index is 13.0. The molecule has 2 aromatic carbocycles. The van der Waals surface area contributed by atoms with Gasteiger partial charge in [-0.3, -0.25) is 9.52 Å². The molecule has 1 aromatic heterocycles. The molecule has 1 fully saturated rings. The summed E-state index contributed by atoms with van der Waals surface area (Å²) in [5.74, 6) is 0.602. The maximum Gasteiger partial charge on any atom is 0.262 e. The summed E-state index contributed by atoms with van der Waals surface area (Å²) in [6.07, 6.45) is 1.66. The number of carbonyl (C=O) groups excluding carboxylic acids is 1. The normalized spacial score (nSPS) is 13.9. The van der Waals surface area contributed by atoms with E-state index in [1.165, 1.54) is 25.3 Å². The largest absolute Gasteiger partial charge is 0.495 e. The number of sulfonamides is 1. The van der Waals surface area contributed by atoms with Gasteiger partial charge in [0.15, 0.2) is 5.82 Å². The van der Waals surface area contributed by atoms with Gasteiger partial charge in [0.05, 0.1) is 36.6 Å². The highest BCUT2D eigenvalue weighted by atomic mass is 32.2. The number of pyridine rings is 1. The van der Waals surface area contributed by atoms with Crippen LogP contribution in [0.2, 0.25) is 0 Å². The molecule has 33 heavy (non-hydrogen) atoms. The number of hydrogen-bond acceptors (Lipinski definition) is 7. The van der Waals surface area contributed by atoms with Crippen molar-refractivity contribution in [2.75, 3.05) is 48.4 Å². The predicted molar refractivity (Wildman–Crippen MR) is 125 cm³/mol. The zero-order valence-corrected chi connectivity index (χ0v) is 18.8. The number of methoxy groups -OCH3 is 1. The van der Waals surface area contributed by atoms with Gasteiger partial charge in [0, 0.05) is 24.8 Å². The lowest BCUT2D eigenvalue weighted by molar-refractivity contribution is 0.102. The van der Waals surface area contributed by atoms with Gasteiger partial charge in [0.1, 0.15) is 5.75 Å². The second kappa shape index (κ2) is 9.88. The molecular formula is C23H24N4O5S. The summed E-state index contributed by atoms with van der Waals surface area (Å²) in [6, 6.07) is 16.0. The summed E-state index contributed by atoms with van der Waals surface area (Å²) in [5.41, 5.74) is 1.06. The van der Waals surface area contributed by atoms with Gasteiger partial charge in [-0.1, -0.05) is 18.2 Å². The molecule has 1 aliphatic rings. The molecule has 0 spiro atoms. The Balaban J connectivity index is 1.55. The van der Waals surface area contributed by atoms with Crippen LogP contribution in [-0.2, 0) is 14.8 Å². The summed E-state index contributed by atoms with van der Waals surface area (Å²) in [7, 11) is -2.48. The van der Waals surface area contributed by atoms with Crippen molar-refractivity contribution >= 4 is 33.1 Å². The molecule has 1 aliphatic heterocycles. The van der Waals surface area contributed by atoms with Crippen molar-refractivity contribution in [2.45, 2.75) is 4.90 Å². The van der Waals surface area contributed by atoms with Crippen molar-refractivity contribution in [3.8, 4) is 5.75 Å². The minimum atomic E-state index is -3.94. The number of hydrogen-bond donors (Lipinski definition) is 2. The summed E-state index contributed by atoms with van der Waals surface area (Å²) in [4.78, 5) is 19.4. The third-order valence-corrected chi connectivity index (χ3v) is 6.47. The number of morpholine rings is 1. The van der Waals surface area contributed by atoms with Gasteiger partial charge in [-0.05, 0) is 42.5 Å². The summed E-state index contributed by atoms with van der Waals surface area (Å²) < 4.78 is 39.0. The minimum absolute atomic E-state index is 0.0411. The molecule has 2 heterocycles. The molecule has 0 saturated carbocycles. The van der Waals surface area contributed by atoms with E-state index < -0.39 is 15.9 Å². The van der Waals surface area contributed by atoms with Gasteiger partial charge in [-0.25, -0.2) is 13.4 Å². The minimum Gasteiger partial charge on any atom is -0.495 e. The molecule has 0 bridgehead atoms. The van der Waals surface area contributed by atoms with Crippen molar-refractivity contribution in [3.05, 3.63) is 72.4 Å². The van der Waals surface area contributed by atoms with Gasteiger partial charge >= 0.3 is 0 Å². The smallest absolute Gasteiger partial charge is 0.262 e. The van der Waals surface area contributed by atoms with Crippen LogP contribution in [0.1, 0.15) is 10.4 Å². The summed E-state index contributed by atoms with van der Waals surface area (Å²) in [5, 5.41) is 2.85. The van der Waals surface area contributed by atoms with Crippen molar-refractivity contribution in [2.24, 2.45) is 0 Å². The zero-order valence-electron chi connectivity index (χ0n) is 18.0. The molecule has 3 aromatic rings. The standard InChI is InChI=1S/C23H24N4O5S/c1-31-21-10-3-2-8-19(21)26-33(29,30)18-7-4-6-17(16-18)23(28)25-20-9-5-11-24-22(20)27-12-14-32-15-13-27/h2-11,16,26H,12-15H2,1H3,(H,25,28). The monoisotopic (exact) mass is 468 g/mol. The Morgan fingerprint density at radius 2 is 1.79 bits per heavy atom. The van der Waals surface area contributed by atoms with Crippen LogP contribution in [0, 0.1) is 0 Å². The van der Waals surface area contributed by atoms with E-state index in [-0.39, 0.29) is 10.5 Å². The fourth-order valence-corrected chi connectivity index (χ4v) is 4.57. The molecule has 172 valence electrons. The van der Waals surface area contributed by atoms with E-state index in [4.69, 9.17) is 9.47 Å². The first-order valence-corrected chi connectivity index (χ1v) is 11.8. The Morgan fingerprint density at radius 3 is 2.58 bits per heavy atom. The first kappa shape index (κ1) is 22.6. The fraction of sp³-hybridized carbons (Fsp3) is 0.217. The zero-order chi connectivity index (χ0) is 23.3. The van der Waals surface area contributed by atoms with E-state index in [9.17, 15) is 13.2 Å². The Kier molecular flexibility index (Phi) is 6.76. The highest BCUT2D eigenvalue weighted by Crippen LogP contribution is 2.27. The van der Waals surface area contributed by atoms with Crippen molar-refractivity contribution < 1.29 is 22.7 Å². The molecule has 0 radical (unpaired) electrons. The van der Waals surface area contributed by atoms with Crippen molar-refractivity contribution in [1.29, 1.82) is 0 Å². The number of anilines is 3. The molecule has 10 heteroatoms. The number of nitrogens with one attached hydrogen (secondary N) is 2. The van der Waals surface area contributed by atoms with E-state index in [2.05, 4.69) is 15.0 Å². The highest BCUT2D eigenvalue weighted by molar-refractivity contribution is 7.92. The number of carbonyl (C=O) groups is 1. The first-order chi connectivity index (χ1) is 16.0. The average molecular weight is 469 g/mol. The Labute approximate surface area is 192 Å². The first-order valence-electron chi connectivity index (χ1n) is 10.3. The van der Waals surface area contributed by atoms with Crippen LogP contribution in [-0.4, -0.2) is 52.7 Å². The Bertz CT molecular complexity index is 1240. The van der Waals surface area contributed by atoms with Gasteiger partial charge in [-0.15, -0.1) is 0 Å². The lowest BCUT2D eigenvalue weighted by Crippen LogP contribution is -2.37. The number of nitrogens with zero attached hydrogens (tertiary/aromatic N) is 2. The third-order valence-electron chi connectivity index (χ3n) is 5.10. The van der Waals surface area contributed by atoms with Crippen LogP contribution in [0.3, 0.4) is 0 Å². The van der Waals surface area contributed by atoms with E-state index in [1.54, 1.807) is 48.7 Å². The van der Waals surface area contributed by atoms with Crippen molar-refractivity contribution in [1.82, 2.24) is 4.98 Å². The van der Waals surface area contributed by atoms with Crippen LogP contribution in [0.5, 0.6) is 5.75 Å². The Morgan fingerprint density at radius 1 is 1.03 bits per heavy atom. The number of para-hydroxylation sites is 2. The lowest BCUT2D eigenvalue weighted by Gasteiger charge is -2.29. The van der Waals surface area contributed by atoms with Gasteiger partial charge < -0.3 is 19.7 Å². The van der Waals surface area contributed by atoms with E-state index in [0.29, 0.717) is 49.2 Å². The van der Waals surface area contributed by atoms with Crippen LogP contribution in [0.25, 0.3) is 0 Å². The molecule has 9 nitrogen and oxygen atoms in total. The predicted octanol–water partition coefficient (Wildman–Crippen LogP) is 2.98. The quantitative estimate of drug-likeness (QED) is 0.549. The number of benzene rings is 2. The number of amides is 1. The second-order valence-electron chi connectivity index (χ2n) is 7.26. The number of aromatic nitrogens is 1. The van der Waals surface area contributed by atoms with Crippen LogP contribution in [0.4, 0.5) is 17.2 Å². The Hall–Kier alpha value is -3.63. The van der Waals surface area contributed by atoms with Gasteiger partial charge in [-0.2, -0.15) is 0 Å². The molecule has 2 N–H and O–H groups in total. The average Bonchev–Trinajstić information content (AvgIpc) is 2.85. The second-order valence-corrected chi connectivity index (χ2v) is 8.94. The molecule has 1 saturated heterocycles. The molecule has 4 rings (SSSR count). The molecule has 0 atom stereocenters. The van der Waals surface area contributed by atoms with Crippen molar-refractivity contribution in [3.63, 3.8) is 0 Å². The molecule has 0 aliphatic carbocycles. The summed E-state index contributed by atoms with van der Waals surface area (Å²) >= 11 is 0. The van der Waals surface area contributed by atoms with Crippen LogP contribution >= 0.6 is 0 Å². The van der Waals surface area contributed by atoms with E-state index >= 15 is 0 Å². The molecular weight excluding hydrogens is 444 g/mol. The van der Waals surface area contributed by atoms with Gasteiger partial charge in [0.2, 0.25) is 0 Å². The SMILES string of the molecule is COc1ccccc1NS(=O)(=O)c1cccc(C(=O)Nc2cccnc2N2CCOCC2)c1. The number of rotatable bonds is 7. The maximum atomic E-state index is 13.0. The highest BCUT2D eigenvalue weighted by Gasteiger charge is 2.20. The lowest BCUT2D eigenvalue weighted by atomic mass is 10.2. The van der Waals surface area contributed by atoms with Crippen LogP contribution < -0.4 is 19.7 Å².